The van der Waals surface area contributed by atoms with Crippen molar-refractivity contribution in [2.75, 3.05) is 33.0 Å². The molecule has 6 N–H and O–H groups in total. The number of thiophene rings is 1. The molecule has 1 unspecified atom stereocenters. The number of hydrogen-bond donors (Lipinski definition) is 4. The average molecular weight is 590 g/mol. The van der Waals surface area contributed by atoms with Crippen molar-refractivity contribution in [3.8, 4) is 0 Å². The molecule has 1 aromatic heterocycles. The third kappa shape index (κ3) is 11.2. The summed E-state index contributed by atoms with van der Waals surface area (Å²) < 4.78 is 2.61. The van der Waals surface area contributed by atoms with Crippen LogP contribution in [0.3, 0.4) is 0 Å². The molecule has 0 bridgehead atoms. The molecular formula is C18H32I2N4S. The van der Waals surface area contributed by atoms with E-state index >= 15 is 0 Å². The van der Waals surface area contributed by atoms with Gasteiger partial charge in [-0.2, -0.15) is 0 Å². The topological polar surface area (TPSA) is 76.1 Å². The zero-order valence-electron chi connectivity index (χ0n) is 15.4. The van der Waals surface area contributed by atoms with Crippen LogP contribution in [0.15, 0.2) is 34.3 Å². The van der Waals surface area contributed by atoms with Crippen molar-refractivity contribution in [2.24, 2.45) is 11.7 Å². The maximum atomic E-state index is 5.88. The van der Waals surface area contributed by atoms with Crippen LogP contribution in [0.4, 0.5) is 11.4 Å². The van der Waals surface area contributed by atoms with Crippen LogP contribution >= 0.6 is 56.5 Å². The van der Waals surface area contributed by atoms with Gasteiger partial charge in [0.25, 0.3) is 0 Å². The van der Waals surface area contributed by atoms with Gasteiger partial charge in [-0.25, -0.2) is 0 Å². The predicted molar refractivity (Wildman–Crippen MR) is 133 cm³/mol. The van der Waals surface area contributed by atoms with Crippen LogP contribution in [-0.2, 0) is 0 Å². The van der Waals surface area contributed by atoms with Crippen molar-refractivity contribution < 1.29 is 0 Å². The Hall–Kier alpha value is -0.160. The van der Waals surface area contributed by atoms with Crippen LogP contribution in [0.2, 0.25) is 0 Å². The third-order valence-corrected chi connectivity index (χ3v) is 5.41. The molecule has 1 aliphatic rings. The van der Waals surface area contributed by atoms with E-state index in [1.54, 1.807) is 11.3 Å². The quantitative estimate of drug-likeness (QED) is 0.187. The number of halogens is 2. The lowest BCUT2D eigenvalue weighted by Crippen LogP contribution is -2.20. The summed E-state index contributed by atoms with van der Waals surface area (Å²) in [6.45, 7) is 7.94. The average Bonchev–Trinajstić information content (AvgIpc) is 3.15. The van der Waals surface area contributed by atoms with Gasteiger partial charge < -0.3 is 22.1 Å². The number of nitrogens with one attached hydrogen (secondary N) is 2. The highest BCUT2D eigenvalue weighted by molar-refractivity contribution is 14.1. The summed E-state index contributed by atoms with van der Waals surface area (Å²) in [5, 5.41) is 10.6. The fraction of sp³-hybridized carbons (Fsp3) is 0.556. The van der Waals surface area contributed by atoms with Crippen LogP contribution in [0, 0.1) is 5.92 Å². The molecule has 1 aliphatic carbocycles. The molecule has 144 valence electrons. The van der Waals surface area contributed by atoms with Crippen LogP contribution < -0.4 is 22.1 Å². The van der Waals surface area contributed by atoms with Gasteiger partial charge in [0, 0.05) is 32.7 Å². The fourth-order valence-electron chi connectivity index (χ4n) is 1.98. The van der Waals surface area contributed by atoms with Crippen LogP contribution in [-0.4, -0.2) is 21.9 Å². The first-order valence-corrected chi connectivity index (χ1v) is 12.7. The van der Waals surface area contributed by atoms with Crippen molar-refractivity contribution in [1.29, 1.82) is 0 Å². The molecule has 0 aromatic carbocycles. The van der Waals surface area contributed by atoms with E-state index in [4.69, 9.17) is 11.5 Å². The maximum Gasteiger partial charge on any atom is 0.0682 e. The SMILES string of the molecule is CC.CC1C=C(N)C(NCCCNc2cscc2N)=C1.ICCCI. The van der Waals surface area contributed by atoms with E-state index in [1.807, 2.05) is 24.6 Å². The molecule has 25 heavy (non-hydrogen) atoms. The second-order valence-corrected chi connectivity index (χ2v) is 8.14. The van der Waals surface area contributed by atoms with Gasteiger partial charge in [0.1, 0.15) is 0 Å². The summed E-state index contributed by atoms with van der Waals surface area (Å²) in [6, 6.07) is 0. The van der Waals surface area contributed by atoms with Gasteiger partial charge in [-0.1, -0.05) is 78.1 Å². The monoisotopic (exact) mass is 590 g/mol. The lowest BCUT2D eigenvalue weighted by atomic mass is 10.2. The van der Waals surface area contributed by atoms with Crippen LogP contribution in [0.25, 0.3) is 0 Å². The van der Waals surface area contributed by atoms with E-state index in [1.165, 1.54) is 15.3 Å². The second-order valence-electron chi connectivity index (χ2n) is 5.24. The molecule has 1 aromatic rings. The van der Waals surface area contributed by atoms with E-state index in [9.17, 15) is 0 Å². The molecule has 0 saturated heterocycles. The molecular weight excluding hydrogens is 558 g/mol. The lowest BCUT2D eigenvalue weighted by Gasteiger charge is -2.09. The maximum absolute atomic E-state index is 5.88. The highest BCUT2D eigenvalue weighted by atomic mass is 127. The molecule has 4 nitrogen and oxygen atoms in total. The summed E-state index contributed by atoms with van der Waals surface area (Å²) in [4.78, 5) is 0. The van der Waals surface area contributed by atoms with E-state index in [0.717, 1.165) is 42.3 Å². The Morgan fingerprint density at radius 1 is 1.00 bits per heavy atom. The van der Waals surface area contributed by atoms with Crippen molar-refractivity contribution in [3.63, 3.8) is 0 Å². The van der Waals surface area contributed by atoms with Gasteiger partial charge >= 0.3 is 0 Å². The van der Waals surface area contributed by atoms with E-state index in [0.29, 0.717) is 5.92 Å². The van der Waals surface area contributed by atoms with E-state index in [-0.39, 0.29) is 0 Å². The number of anilines is 2. The molecule has 0 amide bonds. The molecule has 1 atom stereocenters. The normalized spacial score (nSPS) is 15.2. The Kier molecular flexibility index (Phi) is 15.9. The molecule has 0 saturated carbocycles. The summed E-state index contributed by atoms with van der Waals surface area (Å²) in [5.41, 5.74) is 15.5. The standard InChI is InChI=1S/C13H20N4S.C3H6I2.C2H6/c1-9-5-10(14)12(6-9)16-3-2-4-17-13-8-18-7-11(13)15;4-2-1-3-5;1-2/h5-9,16-17H,2-4,14-15H2,1H3;1-3H2;1-2H3. The highest BCUT2D eigenvalue weighted by Gasteiger charge is 2.10. The van der Waals surface area contributed by atoms with Gasteiger partial charge in [-0.05, 0) is 18.8 Å². The van der Waals surface area contributed by atoms with Crippen molar-refractivity contribution in [2.45, 2.75) is 33.6 Å². The first-order valence-electron chi connectivity index (χ1n) is 8.69. The highest BCUT2D eigenvalue weighted by Crippen LogP contribution is 2.22. The summed E-state index contributed by atoms with van der Waals surface area (Å²) in [6.07, 6.45) is 6.60. The Bertz CT molecular complexity index is 513. The molecule has 2 rings (SSSR count). The number of nitrogen functional groups attached to an aromatic ring is 1. The first-order chi connectivity index (χ1) is 12.1. The van der Waals surface area contributed by atoms with Crippen molar-refractivity contribution in [1.82, 2.24) is 5.32 Å². The fourth-order valence-corrected chi connectivity index (χ4v) is 4.90. The number of hydrogen-bond acceptors (Lipinski definition) is 5. The molecule has 0 spiro atoms. The minimum Gasteiger partial charge on any atom is -0.397 e. The van der Waals surface area contributed by atoms with Gasteiger partial charge in [0.05, 0.1) is 22.8 Å². The minimum absolute atomic E-state index is 0.441. The van der Waals surface area contributed by atoms with Crippen molar-refractivity contribution >= 4 is 67.9 Å². The second kappa shape index (κ2) is 16.0. The minimum atomic E-state index is 0.441. The Balaban J connectivity index is 0.000000710. The van der Waals surface area contributed by atoms with Crippen molar-refractivity contribution in [3.05, 3.63) is 34.3 Å². The van der Waals surface area contributed by atoms with Gasteiger partial charge in [0.15, 0.2) is 0 Å². The summed E-state index contributed by atoms with van der Waals surface area (Å²) in [7, 11) is 0. The third-order valence-electron chi connectivity index (χ3n) is 3.13. The van der Waals surface area contributed by atoms with Crippen LogP contribution in [0.1, 0.15) is 33.6 Å². The summed E-state index contributed by atoms with van der Waals surface area (Å²) in [5.74, 6) is 0.441. The summed E-state index contributed by atoms with van der Waals surface area (Å²) >= 11 is 6.38. The Morgan fingerprint density at radius 3 is 2.08 bits per heavy atom. The molecule has 1 heterocycles. The Morgan fingerprint density at radius 2 is 1.64 bits per heavy atom. The number of alkyl halides is 2. The Labute approximate surface area is 184 Å². The van der Waals surface area contributed by atoms with E-state index in [2.05, 4.69) is 74.9 Å². The first kappa shape index (κ1) is 24.8. The molecule has 0 radical (unpaired) electrons. The smallest absolute Gasteiger partial charge is 0.0682 e. The van der Waals surface area contributed by atoms with E-state index < -0.39 is 0 Å². The largest absolute Gasteiger partial charge is 0.397 e. The van der Waals surface area contributed by atoms with Gasteiger partial charge in [-0.15, -0.1) is 11.3 Å². The molecule has 7 heteroatoms. The molecule has 0 fully saturated rings. The van der Waals surface area contributed by atoms with Gasteiger partial charge in [0.2, 0.25) is 0 Å². The predicted octanol–water partition coefficient (Wildman–Crippen LogP) is 5.37. The number of allylic oxidation sites excluding steroid dienone is 2. The zero-order chi connectivity index (χ0) is 19.1. The lowest BCUT2D eigenvalue weighted by molar-refractivity contribution is 0.750. The van der Waals surface area contributed by atoms with Gasteiger partial charge in [-0.3, -0.25) is 0 Å². The molecule has 0 aliphatic heterocycles. The van der Waals surface area contributed by atoms with Crippen LogP contribution in [0.5, 0.6) is 0 Å². The number of rotatable bonds is 8. The zero-order valence-corrected chi connectivity index (χ0v) is 20.6. The number of nitrogens with two attached hydrogens (primary N) is 2.